The Bertz CT molecular complexity index is 305. The Morgan fingerprint density at radius 3 is 3.20 bits per heavy atom. The van der Waals surface area contributed by atoms with Crippen molar-refractivity contribution in [3.05, 3.63) is 18.0 Å². The zero-order chi connectivity index (χ0) is 10.5. The van der Waals surface area contributed by atoms with Crippen LogP contribution < -0.4 is 10.2 Å². The molecule has 1 fully saturated rings. The monoisotopic (exact) mass is 206 g/mol. The number of aryl methyl sites for hydroxylation is 1. The highest BCUT2D eigenvalue weighted by atomic mass is 15.3. The van der Waals surface area contributed by atoms with Gasteiger partial charge in [0.05, 0.1) is 0 Å². The van der Waals surface area contributed by atoms with Crippen LogP contribution in [0.3, 0.4) is 0 Å². The van der Waals surface area contributed by atoms with Crippen molar-refractivity contribution in [1.82, 2.24) is 15.3 Å². The summed E-state index contributed by atoms with van der Waals surface area (Å²) in [5.41, 5.74) is 1.12. The molecule has 0 radical (unpaired) electrons. The molecule has 1 aliphatic heterocycles. The van der Waals surface area contributed by atoms with Gasteiger partial charge in [-0.25, -0.2) is 9.97 Å². The molecule has 0 aliphatic carbocycles. The van der Waals surface area contributed by atoms with Gasteiger partial charge < -0.3 is 10.2 Å². The Balaban J connectivity index is 2.12. The standard InChI is InChI=1S/C11H18N4/c1-2-10-4-6-13-11(14-10)15-8-3-5-12-7-9-15/h4,6,12H,2-3,5,7-9H2,1H3. The van der Waals surface area contributed by atoms with E-state index in [0.717, 1.165) is 44.2 Å². The molecule has 1 aromatic heterocycles. The lowest BCUT2D eigenvalue weighted by Crippen LogP contribution is -2.29. The zero-order valence-electron chi connectivity index (χ0n) is 9.24. The summed E-state index contributed by atoms with van der Waals surface area (Å²) in [5, 5.41) is 3.38. The molecule has 2 heterocycles. The van der Waals surface area contributed by atoms with E-state index in [0.29, 0.717) is 0 Å². The molecule has 2 rings (SSSR count). The fourth-order valence-corrected chi connectivity index (χ4v) is 1.78. The molecule has 4 nitrogen and oxygen atoms in total. The van der Waals surface area contributed by atoms with E-state index in [1.54, 1.807) is 0 Å². The minimum absolute atomic E-state index is 0.887. The molecule has 0 spiro atoms. The van der Waals surface area contributed by atoms with Crippen molar-refractivity contribution in [2.24, 2.45) is 0 Å². The molecule has 1 aromatic rings. The van der Waals surface area contributed by atoms with E-state index in [4.69, 9.17) is 0 Å². The molecule has 82 valence electrons. The second kappa shape index (κ2) is 5.07. The minimum Gasteiger partial charge on any atom is -0.339 e. The summed E-state index contributed by atoms with van der Waals surface area (Å²) in [6, 6.07) is 1.99. The lowest BCUT2D eigenvalue weighted by atomic mass is 10.3. The van der Waals surface area contributed by atoms with Crippen LogP contribution in [0.5, 0.6) is 0 Å². The summed E-state index contributed by atoms with van der Waals surface area (Å²) in [6.45, 7) is 6.31. The zero-order valence-corrected chi connectivity index (χ0v) is 9.24. The molecule has 1 saturated heterocycles. The second-order valence-electron chi connectivity index (χ2n) is 3.79. The molecule has 0 aromatic carbocycles. The maximum absolute atomic E-state index is 4.54. The molecule has 15 heavy (non-hydrogen) atoms. The SMILES string of the molecule is CCc1ccnc(N2CCCNCC2)n1. The van der Waals surface area contributed by atoms with Crippen LogP contribution in [-0.4, -0.2) is 36.1 Å². The third kappa shape index (κ3) is 2.65. The number of hydrogen-bond acceptors (Lipinski definition) is 4. The van der Waals surface area contributed by atoms with E-state index in [9.17, 15) is 0 Å². The third-order valence-electron chi connectivity index (χ3n) is 2.69. The van der Waals surface area contributed by atoms with Gasteiger partial charge in [0.1, 0.15) is 0 Å². The van der Waals surface area contributed by atoms with Crippen LogP contribution in [0.1, 0.15) is 19.0 Å². The molecule has 0 saturated carbocycles. The van der Waals surface area contributed by atoms with Crippen LogP contribution in [0.4, 0.5) is 5.95 Å². The third-order valence-corrected chi connectivity index (χ3v) is 2.69. The molecule has 0 amide bonds. The summed E-state index contributed by atoms with van der Waals surface area (Å²) >= 11 is 0. The van der Waals surface area contributed by atoms with Crippen molar-refractivity contribution in [2.75, 3.05) is 31.1 Å². The van der Waals surface area contributed by atoms with Gasteiger partial charge in [0.2, 0.25) is 5.95 Å². The average Bonchev–Trinajstić information content (AvgIpc) is 2.58. The molecule has 0 atom stereocenters. The molecule has 1 aliphatic rings. The fraction of sp³-hybridized carbons (Fsp3) is 0.636. The lowest BCUT2D eigenvalue weighted by Gasteiger charge is -2.19. The highest BCUT2D eigenvalue weighted by molar-refractivity contribution is 5.30. The van der Waals surface area contributed by atoms with E-state index >= 15 is 0 Å². The minimum atomic E-state index is 0.887. The van der Waals surface area contributed by atoms with Gasteiger partial charge in [-0.05, 0) is 25.5 Å². The normalized spacial score (nSPS) is 17.5. The van der Waals surface area contributed by atoms with Crippen LogP contribution in [0.15, 0.2) is 12.3 Å². The van der Waals surface area contributed by atoms with Crippen molar-refractivity contribution in [3.63, 3.8) is 0 Å². The Kier molecular flexibility index (Phi) is 3.50. The average molecular weight is 206 g/mol. The van der Waals surface area contributed by atoms with Gasteiger partial charge in [-0.3, -0.25) is 0 Å². The number of nitrogens with one attached hydrogen (secondary N) is 1. The van der Waals surface area contributed by atoms with E-state index in [-0.39, 0.29) is 0 Å². The Labute approximate surface area is 90.7 Å². The van der Waals surface area contributed by atoms with Gasteiger partial charge in [-0.15, -0.1) is 0 Å². The van der Waals surface area contributed by atoms with Gasteiger partial charge >= 0.3 is 0 Å². The number of anilines is 1. The number of aromatic nitrogens is 2. The van der Waals surface area contributed by atoms with Crippen LogP contribution in [0, 0.1) is 0 Å². The molecular weight excluding hydrogens is 188 g/mol. The van der Waals surface area contributed by atoms with E-state index in [1.807, 2.05) is 12.3 Å². The van der Waals surface area contributed by atoms with Crippen molar-refractivity contribution in [1.29, 1.82) is 0 Å². The van der Waals surface area contributed by atoms with Gasteiger partial charge in [0, 0.05) is 31.5 Å². The van der Waals surface area contributed by atoms with Crippen molar-refractivity contribution in [3.8, 4) is 0 Å². The summed E-state index contributed by atoms with van der Waals surface area (Å²) in [4.78, 5) is 11.1. The predicted octanol–water partition coefficient (Wildman–Crippen LogP) is 0.839. The molecule has 0 bridgehead atoms. The summed E-state index contributed by atoms with van der Waals surface area (Å²) in [6.07, 6.45) is 4.00. The number of hydrogen-bond donors (Lipinski definition) is 1. The number of rotatable bonds is 2. The quantitative estimate of drug-likeness (QED) is 0.778. The smallest absolute Gasteiger partial charge is 0.225 e. The predicted molar refractivity (Wildman–Crippen MR) is 61.1 cm³/mol. The second-order valence-corrected chi connectivity index (χ2v) is 3.79. The van der Waals surface area contributed by atoms with E-state index < -0.39 is 0 Å². The highest BCUT2D eigenvalue weighted by Crippen LogP contribution is 2.09. The Morgan fingerprint density at radius 2 is 2.33 bits per heavy atom. The van der Waals surface area contributed by atoms with Crippen molar-refractivity contribution < 1.29 is 0 Å². The summed E-state index contributed by atoms with van der Waals surface area (Å²) in [7, 11) is 0. The largest absolute Gasteiger partial charge is 0.339 e. The maximum atomic E-state index is 4.54. The van der Waals surface area contributed by atoms with Gasteiger partial charge in [-0.1, -0.05) is 6.92 Å². The first-order valence-corrected chi connectivity index (χ1v) is 5.67. The highest BCUT2D eigenvalue weighted by Gasteiger charge is 2.11. The van der Waals surface area contributed by atoms with Crippen LogP contribution in [0.25, 0.3) is 0 Å². The summed E-state index contributed by atoms with van der Waals surface area (Å²) < 4.78 is 0. The first-order valence-electron chi connectivity index (χ1n) is 5.67. The first-order chi connectivity index (χ1) is 7.40. The van der Waals surface area contributed by atoms with Gasteiger partial charge in [0.25, 0.3) is 0 Å². The van der Waals surface area contributed by atoms with Crippen LogP contribution >= 0.6 is 0 Å². The molecule has 1 N–H and O–H groups in total. The van der Waals surface area contributed by atoms with Crippen LogP contribution in [-0.2, 0) is 6.42 Å². The topological polar surface area (TPSA) is 41.1 Å². The van der Waals surface area contributed by atoms with Crippen LogP contribution in [0.2, 0.25) is 0 Å². The number of nitrogens with zero attached hydrogens (tertiary/aromatic N) is 3. The van der Waals surface area contributed by atoms with E-state index in [1.165, 1.54) is 6.42 Å². The molecule has 4 heteroatoms. The lowest BCUT2D eigenvalue weighted by molar-refractivity contribution is 0.724. The Morgan fingerprint density at radius 1 is 1.40 bits per heavy atom. The first kappa shape index (κ1) is 10.4. The Hall–Kier alpha value is -1.16. The fourth-order valence-electron chi connectivity index (χ4n) is 1.78. The van der Waals surface area contributed by atoms with Crippen molar-refractivity contribution >= 4 is 5.95 Å². The molecule has 0 unspecified atom stereocenters. The van der Waals surface area contributed by atoms with Gasteiger partial charge in [-0.2, -0.15) is 0 Å². The van der Waals surface area contributed by atoms with Gasteiger partial charge in [0.15, 0.2) is 0 Å². The maximum Gasteiger partial charge on any atom is 0.225 e. The van der Waals surface area contributed by atoms with Crippen molar-refractivity contribution in [2.45, 2.75) is 19.8 Å². The van der Waals surface area contributed by atoms with E-state index in [2.05, 4.69) is 27.1 Å². The molecular formula is C11H18N4. The summed E-state index contributed by atoms with van der Waals surface area (Å²) in [5.74, 6) is 0.887.